The van der Waals surface area contributed by atoms with E-state index < -0.39 is 0 Å². The molecule has 0 fully saturated rings. The van der Waals surface area contributed by atoms with Gasteiger partial charge in [-0.3, -0.25) is 4.98 Å². The third kappa shape index (κ3) is 3.38. The molecule has 0 aliphatic heterocycles. The highest BCUT2D eigenvalue weighted by Crippen LogP contribution is 2.26. The zero-order valence-electron chi connectivity index (χ0n) is 11.9. The second kappa shape index (κ2) is 6.97. The Morgan fingerprint density at radius 3 is 2.68 bits per heavy atom. The fourth-order valence-electron chi connectivity index (χ4n) is 2.13. The van der Waals surface area contributed by atoms with Crippen molar-refractivity contribution in [3.63, 3.8) is 0 Å². The van der Waals surface area contributed by atoms with Crippen LogP contribution in [0.4, 0.5) is 0 Å². The van der Waals surface area contributed by atoms with Gasteiger partial charge in [0, 0.05) is 22.2 Å². The Morgan fingerprint density at radius 2 is 1.86 bits per heavy atom. The first-order valence-electron chi connectivity index (χ1n) is 6.96. The molecule has 4 heteroatoms. The Kier molecular flexibility index (Phi) is 4.57. The summed E-state index contributed by atoms with van der Waals surface area (Å²) < 4.78 is 5.69. The number of para-hydroxylation sites is 1. The van der Waals surface area contributed by atoms with Crippen LogP contribution in [-0.2, 0) is 0 Å². The summed E-state index contributed by atoms with van der Waals surface area (Å²) in [5, 5.41) is 9.93. The molecule has 0 aliphatic rings. The molecule has 0 saturated heterocycles. The maximum absolute atomic E-state index is 8.76. The summed E-state index contributed by atoms with van der Waals surface area (Å²) in [5.41, 5.74) is 1.66. The number of thioether (sulfide) groups is 1. The molecule has 0 aliphatic carbocycles. The fourth-order valence-corrected chi connectivity index (χ4v) is 3.00. The lowest BCUT2D eigenvalue weighted by atomic mass is 10.2. The van der Waals surface area contributed by atoms with E-state index in [0.29, 0.717) is 12.2 Å². The van der Waals surface area contributed by atoms with Crippen molar-refractivity contribution in [2.45, 2.75) is 4.90 Å². The summed E-state index contributed by atoms with van der Waals surface area (Å²) >= 11 is 1.76. The van der Waals surface area contributed by atoms with Gasteiger partial charge in [0.15, 0.2) is 0 Å². The minimum absolute atomic E-state index is 0.618. The molecule has 0 saturated carbocycles. The van der Waals surface area contributed by atoms with Crippen molar-refractivity contribution >= 4 is 22.7 Å². The van der Waals surface area contributed by atoms with Gasteiger partial charge in [-0.2, -0.15) is 5.26 Å². The number of benzene rings is 2. The first-order valence-corrected chi connectivity index (χ1v) is 7.95. The molecule has 0 bridgehead atoms. The van der Waals surface area contributed by atoms with Gasteiger partial charge >= 0.3 is 0 Å². The van der Waals surface area contributed by atoms with E-state index in [1.165, 1.54) is 10.3 Å². The van der Waals surface area contributed by atoms with E-state index in [0.717, 1.165) is 17.0 Å². The van der Waals surface area contributed by atoms with Gasteiger partial charge in [-0.1, -0.05) is 18.2 Å². The van der Waals surface area contributed by atoms with Gasteiger partial charge in [-0.25, -0.2) is 0 Å². The molecule has 0 unspecified atom stereocenters. The Bertz CT molecular complexity index is 804. The molecular formula is C18H14N2OS. The van der Waals surface area contributed by atoms with E-state index in [4.69, 9.17) is 10.00 Å². The van der Waals surface area contributed by atoms with E-state index in [9.17, 15) is 0 Å². The molecule has 0 amide bonds. The highest BCUT2D eigenvalue weighted by molar-refractivity contribution is 7.99. The third-order valence-electron chi connectivity index (χ3n) is 3.20. The zero-order chi connectivity index (χ0) is 15.2. The van der Waals surface area contributed by atoms with Gasteiger partial charge in [0.05, 0.1) is 23.8 Å². The monoisotopic (exact) mass is 306 g/mol. The van der Waals surface area contributed by atoms with Crippen LogP contribution >= 0.6 is 11.8 Å². The van der Waals surface area contributed by atoms with Crippen LogP contribution in [0.2, 0.25) is 0 Å². The third-order valence-corrected chi connectivity index (χ3v) is 4.24. The molecule has 0 atom stereocenters. The standard InChI is InChI=1S/C18H14N2OS/c19-13-14-5-7-15(8-6-14)21-11-12-22-18-9-10-20-17-4-2-1-3-16(17)18/h1-10H,11-12H2. The SMILES string of the molecule is N#Cc1ccc(OCCSc2ccnc3ccccc23)cc1. The Labute approximate surface area is 133 Å². The van der Waals surface area contributed by atoms with E-state index in [1.807, 2.05) is 42.6 Å². The summed E-state index contributed by atoms with van der Waals surface area (Å²) in [6.45, 7) is 0.618. The lowest BCUT2D eigenvalue weighted by Crippen LogP contribution is -2.00. The first kappa shape index (κ1) is 14.4. The fraction of sp³-hybridized carbons (Fsp3) is 0.111. The Balaban J connectivity index is 1.57. The Morgan fingerprint density at radius 1 is 1.05 bits per heavy atom. The number of rotatable bonds is 5. The van der Waals surface area contributed by atoms with Crippen molar-refractivity contribution in [2.24, 2.45) is 0 Å². The minimum atomic E-state index is 0.618. The summed E-state index contributed by atoms with van der Waals surface area (Å²) in [6, 6.07) is 19.4. The second-order valence-corrected chi connectivity index (χ2v) is 5.80. The number of nitrogens with zero attached hydrogens (tertiary/aromatic N) is 2. The largest absolute Gasteiger partial charge is 0.493 e. The van der Waals surface area contributed by atoms with Crippen molar-refractivity contribution in [3.05, 3.63) is 66.4 Å². The minimum Gasteiger partial charge on any atom is -0.493 e. The summed E-state index contributed by atoms with van der Waals surface area (Å²) in [5.74, 6) is 1.65. The number of hydrogen-bond acceptors (Lipinski definition) is 4. The smallest absolute Gasteiger partial charge is 0.119 e. The predicted molar refractivity (Wildman–Crippen MR) is 89.1 cm³/mol. The van der Waals surface area contributed by atoms with Crippen LogP contribution in [0.5, 0.6) is 5.75 Å². The van der Waals surface area contributed by atoms with Crippen LogP contribution in [0.1, 0.15) is 5.56 Å². The van der Waals surface area contributed by atoms with Crippen LogP contribution in [0.15, 0.2) is 65.7 Å². The van der Waals surface area contributed by atoms with Gasteiger partial charge in [0.25, 0.3) is 0 Å². The lowest BCUT2D eigenvalue weighted by Gasteiger charge is -2.07. The quantitative estimate of drug-likeness (QED) is 0.521. The molecule has 3 rings (SSSR count). The molecule has 0 radical (unpaired) electrons. The van der Waals surface area contributed by atoms with Crippen molar-refractivity contribution in [1.29, 1.82) is 5.26 Å². The molecule has 3 aromatic rings. The van der Waals surface area contributed by atoms with Gasteiger partial charge in [-0.05, 0) is 36.4 Å². The number of hydrogen-bond donors (Lipinski definition) is 0. The summed E-state index contributed by atoms with van der Waals surface area (Å²) in [4.78, 5) is 5.58. The predicted octanol–water partition coefficient (Wildman–Crippen LogP) is 4.28. The van der Waals surface area contributed by atoms with Crippen molar-refractivity contribution < 1.29 is 4.74 Å². The second-order valence-electron chi connectivity index (χ2n) is 4.66. The highest BCUT2D eigenvalue weighted by atomic mass is 32.2. The van der Waals surface area contributed by atoms with Gasteiger partial charge in [0.2, 0.25) is 0 Å². The van der Waals surface area contributed by atoms with E-state index in [-0.39, 0.29) is 0 Å². The maximum atomic E-state index is 8.76. The molecular weight excluding hydrogens is 292 g/mol. The molecule has 2 aromatic carbocycles. The molecule has 1 heterocycles. The van der Waals surface area contributed by atoms with Crippen molar-refractivity contribution in [1.82, 2.24) is 4.98 Å². The van der Waals surface area contributed by atoms with Crippen molar-refractivity contribution in [3.8, 4) is 11.8 Å². The number of aromatic nitrogens is 1. The normalized spacial score (nSPS) is 10.3. The zero-order valence-corrected chi connectivity index (χ0v) is 12.7. The molecule has 22 heavy (non-hydrogen) atoms. The van der Waals surface area contributed by atoms with Crippen LogP contribution in [0, 0.1) is 11.3 Å². The lowest BCUT2D eigenvalue weighted by molar-refractivity contribution is 0.344. The van der Waals surface area contributed by atoms with Crippen LogP contribution in [-0.4, -0.2) is 17.3 Å². The maximum Gasteiger partial charge on any atom is 0.119 e. The van der Waals surface area contributed by atoms with Crippen LogP contribution < -0.4 is 4.74 Å². The van der Waals surface area contributed by atoms with Crippen molar-refractivity contribution in [2.75, 3.05) is 12.4 Å². The molecule has 0 spiro atoms. The average molecular weight is 306 g/mol. The molecule has 0 N–H and O–H groups in total. The van der Waals surface area contributed by atoms with Gasteiger partial charge in [-0.15, -0.1) is 11.8 Å². The van der Waals surface area contributed by atoms with Crippen LogP contribution in [0.25, 0.3) is 10.9 Å². The van der Waals surface area contributed by atoms with Gasteiger partial charge < -0.3 is 4.74 Å². The average Bonchev–Trinajstić information content (AvgIpc) is 2.59. The number of nitriles is 1. The number of ether oxygens (including phenoxy) is 1. The van der Waals surface area contributed by atoms with Crippen LogP contribution in [0.3, 0.4) is 0 Å². The first-order chi connectivity index (χ1) is 10.9. The van der Waals surface area contributed by atoms with E-state index in [2.05, 4.69) is 17.1 Å². The molecule has 108 valence electrons. The summed E-state index contributed by atoms with van der Waals surface area (Å²) in [7, 11) is 0. The number of fused-ring (bicyclic) bond motifs is 1. The van der Waals surface area contributed by atoms with E-state index >= 15 is 0 Å². The highest BCUT2D eigenvalue weighted by Gasteiger charge is 2.02. The molecule has 3 nitrogen and oxygen atoms in total. The Hall–Kier alpha value is -2.51. The molecule has 1 aromatic heterocycles. The van der Waals surface area contributed by atoms with Gasteiger partial charge in [0.1, 0.15) is 5.75 Å². The topological polar surface area (TPSA) is 45.9 Å². The van der Waals surface area contributed by atoms with E-state index in [1.54, 1.807) is 23.9 Å². The summed E-state index contributed by atoms with van der Waals surface area (Å²) in [6.07, 6.45) is 1.84. The number of pyridine rings is 1.